The van der Waals surface area contributed by atoms with E-state index in [-0.39, 0.29) is 12.1 Å². The third-order valence-electron chi connectivity index (χ3n) is 6.42. The van der Waals surface area contributed by atoms with Crippen LogP contribution >= 0.6 is 0 Å². The van der Waals surface area contributed by atoms with Crippen molar-refractivity contribution in [2.45, 2.75) is 58.0 Å². The van der Waals surface area contributed by atoms with E-state index in [0.717, 1.165) is 31.1 Å². The minimum Gasteiger partial charge on any atom is -0.388 e. The molecule has 0 saturated heterocycles. The summed E-state index contributed by atoms with van der Waals surface area (Å²) in [6.07, 6.45) is 8.61. The molecular weight excluding hydrogens is 348 g/mol. The van der Waals surface area contributed by atoms with E-state index in [1.807, 2.05) is 11.9 Å². The van der Waals surface area contributed by atoms with Crippen LogP contribution in [0.1, 0.15) is 50.2 Å². The Morgan fingerprint density at radius 3 is 2.68 bits per heavy atom. The highest BCUT2D eigenvalue weighted by molar-refractivity contribution is 5.74. The summed E-state index contributed by atoms with van der Waals surface area (Å²) in [5.41, 5.74) is 6.73. The van der Waals surface area contributed by atoms with Crippen molar-refractivity contribution in [3.8, 4) is 0 Å². The van der Waals surface area contributed by atoms with E-state index in [0.29, 0.717) is 6.54 Å². The Balaban J connectivity index is 1.54. The number of hydrogen-bond donors (Lipinski definition) is 3. The van der Waals surface area contributed by atoms with Gasteiger partial charge in [0.2, 0.25) is 5.91 Å². The lowest BCUT2D eigenvalue weighted by Gasteiger charge is -2.35. The van der Waals surface area contributed by atoms with Crippen LogP contribution in [0.5, 0.6) is 0 Å². The van der Waals surface area contributed by atoms with Crippen molar-refractivity contribution < 1.29 is 4.79 Å². The van der Waals surface area contributed by atoms with Gasteiger partial charge in [0.15, 0.2) is 0 Å². The van der Waals surface area contributed by atoms with Gasteiger partial charge in [-0.3, -0.25) is 10.1 Å². The van der Waals surface area contributed by atoms with Gasteiger partial charge in [-0.2, -0.15) is 0 Å². The lowest BCUT2D eigenvalue weighted by atomic mass is 9.91. The number of nitrogens with one attached hydrogen (secondary N) is 3. The third kappa shape index (κ3) is 4.52. The first-order valence-electron chi connectivity index (χ1n) is 10.9. The standard InChI is InChI=1S/C23H34N4O/c1-16(28)27-12-11-22(25-14-17-7-8-17)21(15-27)23(24-2)26-20-10-9-18-5-3-4-6-19(18)13-20/h9-10,13,17,23-26H,3-8,11-12,14-15H2,1-2H3. The van der Waals surface area contributed by atoms with Crippen molar-refractivity contribution in [3.05, 3.63) is 40.6 Å². The molecule has 1 aromatic rings. The smallest absolute Gasteiger partial charge is 0.219 e. The molecule has 3 aliphatic rings. The van der Waals surface area contributed by atoms with E-state index >= 15 is 0 Å². The predicted octanol–water partition coefficient (Wildman–Crippen LogP) is 3.03. The Bertz CT molecular complexity index is 753. The second kappa shape index (κ2) is 8.56. The predicted molar refractivity (Wildman–Crippen MR) is 114 cm³/mol. The summed E-state index contributed by atoms with van der Waals surface area (Å²) in [6, 6.07) is 6.81. The highest BCUT2D eigenvalue weighted by Crippen LogP contribution is 2.29. The maximum Gasteiger partial charge on any atom is 0.219 e. The van der Waals surface area contributed by atoms with E-state index < -0.39 is 0 Å². The van der Waals surface area contributed by atoms with Crippen LogP contribution in [0.25, 0.3) is 0 Å². The lowest BCUT2D eigenvalue weighted by molar-refractivity contribution is -0.128. The minimum absolute atomic E-state index is 0.0190. The van der Waals surface area contributed by atoms with Gasteiger partial charge in [0.25, 0.3) is 0 Å². The molecule has 0 spiro atoms. The molecule has 1 atom stereocenters. The SMILES string of the molecule is CNC(Nc1ccc2c(c1)CCCC2)C1=C(NCC2CC2)CCN(C(C)=O)C1. The second-order valence-corrected chi connectivity index (χ2v) is 8.58. The number of amides is 1. The van der Waals surface area contributed by atoms with Crippen molar-refractivity contribution >= 4 is 11.6 Å². The molecule has 152 valence electrons. The molecule has 3 N–H and O–H groups in total. The van der Waals surface area contributed by atoms with Crippen LogP contribution in [0.15, 0.2) is 29.5 Å². The Labute approximate surface area is 168 Å². The number of benzene rings is 1. The fraction of sp³-hybridized carbons (Fsp3) is 0.609. The third-order valence-corrected chi connectivity index (χ3v) is 6.42. The zero-order valence-electron chi connectivity index (χ0n) is 17.3. The molecule has 5 nitrogen and oxygen atoms in total. The van der Waals surface area contributed by atoms with Gasteiger partial charge in [-0.15, -0.1) is 0 Å². The van der Waals surface area contributed by atoms with Crippen molar-refractivity contribution in [1.29, 1.82) is 0 Å². The zero-order valence-corrected chi connectivity index (χ0v) is 17.3. The number of hydrogen-bond acceptors (Lipinski definition) is 4. The van der Waals surface area contributed by atoms with Crippen LogP contribution in [-0.4, -0.2) is 43.7 Å². The first-order valence-corrected chi connectivity index (χ1v) is 10.9. The van der Waals surface area contributed by atoms with Crippen molar-refractivity contribution in [2.75, 3.05) is 32.0 Å². The molecule has 1 aliphatic heterocycles. The van der Waals surface area contributed by atoms with Crippen LogP contribution in [-0.2, 0) is 17.6 Å². The summed E-state index contributed by atoms with van der Waals surface area (Å²) in [5.74, 6) is 0.989. The maximum absolute atomic E-state index is 12.0. The topological polar surface area (TPSA) is 56.4 Å². The Morgan fingerprint density at radius 2 is 1.96 bits per heavy atom. The Hall–Kier alpha value is -2.01. The van der Waals surface area contributed by atoms with Crippen LogP contribution < -0.4 is 16.0 Å². The molecule has 2 aliphatic carbocycles. The number of carbonyl (C=O) groups excluding carboxylic acids is 1. The number of aryl methyl sites for hydroxylation is 2. The molecular formula is C23H34N4O. The molecule has 1 amide bonds. The molecule has 28 heavy (non-hydrogen) atoms. The van der Waals surface area contributed by atoms with Gasteiger partial charge in [0, 0.05) is 49.9 Å². The van der Waals surface area contributed by atoms with Gasteiger partial charge >= 0.3 is 0 Å². The van der Waals surface area contributed by atoms with Crippen LogP contribution in [0.2, 0.25) is 0 Å². The van der Waals surface area contributed by atoms with Crippen LogP contribution in [0.3, 0.4) is 0 Å². The fourth-order valence-corrected chi connectivity index (χ4v) is 4.44. The van der Waals surface area contributed by atoms with E-state index in [2.05, 4.69) is 34.1 Å². The highest BCUT2D eigenvalue weighted by Gasteiger charge is 2.28. The van der Waals surface area contributed by atoms with Crippen molar-refractivity contribution in [1.82, 2.24) is 15.5 Å². The lowest BCUT2D eigenvalue weighted by Crippen LogP contribution is -2.46. The molecule has 0 radical (unpaired) electrons. The molecule has 5 heteroatoms. The first kappa shape index (κ1) is 19.3. The molecule has 4 rings (SSSR count). The Morgan fingerprint density at radius 1 is 1.18 bits per heavy atom. The number of rotatable bonds is 7. The summed E-state index contributed by atoms with van der Waals surface area (Å²) in [6.45, 7) is 4.23. The van der Waals surface area contributed by atoms with Crippen molar-refractivity contribution in [2.24, 2.45) is 5.92 Å². The molecule has 1 heterocycles. The van der Waals surface area contributed by atoms with Gasteiger partial charge < -0.3 is 15.5 Å². The summed E-state index contributed by atoms with van der Waals surface area (Å²) in [4.78, 5) is 14.0. The fourth-order valence-electron chi connectivity index (χ4n) is 4.44. The maximum atomic E-state index is 12.0. The van der Waals surface area contributed by atoms with E-state index in [9.17, 15) is 4.79 Å². The van der Waals surface area contributed by atoms with Gasteiger partial charge in [-0.25, -0.2) is 0 Å². The number of carbonyl (C=O) groups is 1. The molecule has 0 bridgehead atoms. The van der Waals surface area contributed by atoms with Gasteiger partial charge in [0.05, 0.1) is 0 Å². The normalized spacial score (nSPS) is 20.6. The van der Waals surface area contributed by atoms with Gasteiger partial charge in [-0.05, 0) is 74.8 Å². The van der Waals surface area contributed by atoms with Crippen LogP contribution in [0.4, 0.5) is 5.69 Å². The van der Waals surface area contributed by atoms with E-state index in [4.69, 9.17) is 0 Å². The zero-order chi connectivity index (χ0) is 19.5. The van der Waals surface area contributed by atoms with Gasteiger partial charge in [-0.1, -0.05) is 6.07 Å². The summed E-state index contributed by atoms with van der Waals surface area (Å²) >= 11 is 0. The first-order chi connectivity index (χ1) is 13.6. The van der Waals surface area contributed by atoms with Gasteiger partial charge in [0.1, 0.15) is 6.17 Å². The Kier molecular flexibility index (Phi) is 5.90. The largest absolute Gasteiger partial charge is 0.388 e. The number of likely N-dealkylation sites (N-methyl/N-ethyl adjacent to an activating group) is 1. The molecule has 1 fully saturated rings. The van der Waals surface area contributed by atoms with Crippen LogP contribution in [0, 0.1) is 5.92 Å². The number of nitrogens with zero attached hydrogens (tertiary/aromatic N) is 1. The average Bonchev–Trinajstić information content (AvgIpc) is 3.55. The monoisotopic (exact) mass is 382 g/mol. The number of fused-ring (bicyclic) bond motifs is 1. The quantitative estimate of drug-likeness (QED) is 0.635. The summed E-state index contributed by atoms with van der Waals surface area (Å²) < 4.78 is 0. The molecule has 1 saturated carbocycles. The second-order valence-electron chi connectivity index (χ2n) is 8.58. The number of anilines is 1. The molecule has 1 unspecified atom stereocenters. The summed E-state index contributed by atoms with van der Waals surface area (Å²) in [5, 5.41) is 10.8. The molecule has 1 aromatic carbocycles. The van der Waals surface area contributed by atoms with Crippen molar-refractivity contribution in [3.63, 3.8) is 0 Å². The van der Waals surface area contributed by atoms with E-state index in [1.165, 1.54) is 60.9 Å². The molecule has 0 aromatic heterocycles. The summed E-state index contributed by atoms with van der Waals surface area (Å²) in [7, 11) is 1.99. The highest BCUT2D eigenvalue weighted by atomic mass is 16.2. The minimum atomic E-state index is 0.0190. The van der Waals surface area contributed by atoms with E-state index in [1.54, 1.807) is 6.92 Å². The average molecular weight is 383 g/mol.